The molecule has 0 spiro atoms. The number of aromatic nitrogens is 3. The largest absolute Gasteiger partial charge is 0.388 e. The maximum atomic E-state index is 7.67. The molecule has 0 aliphatic carbocycles. The normalized spacial score (nSPS) is 10.6. The average molecular weight is 323 g/mol. The van der Waals surface area contributed by atoms with Crippen LogP contribution < -0.4 is 16.0 Å². The Labute approximate surface area is 140 Å². The Balaban J connectivity index is 2.06. The molecule has 0 saturated carbocycles. The van der Waals surface area contributed by atoms with Crippen molar-refractivity contribution in [3.05, 3.63) is 35.5 Å². The number of rotatable bonds is 6. The highest BCUT2D eigenvalue weighted by Crippen LogP contribution is 2.28. The van der Waals surface area contributed by atoms with Crippen LogP contribution in [0.5, 0.6) is 0 Å². The maximum absolute atomic E-state index is 7.67. The lowest BCUT2D eigenvalue weighted by atomic mass is 10.1. The third-order valence-corrected chi connectivity index (χ3v) is 3.84. The zero-order valence-electron chi connectivity index (χ0n) is 14.0. The predicted molar refractivity (Wildman–Crippen MR) is 99.9 cm³/mol. The number of hydrogen-bond donors (Lipinski definition) is 5. The topological polar surface area (TPSA) is 102 Å². The molecule has 24 heavy (non-hydrogen) atoms. The van der Waals surface area contributed by atoms with E-state index in [2.05, 4.69) is 30.9 Å². The Morgan fingerprint density at radius 1 is 1.25 bits per heavy atom. The van der Waals surface area contributed by atoms with Crippen LogP contribution in [-0.4, -0.2) is 34.8 Å². The van der Waals surface area contributed by atoms with Crippen molar-refractivity contribution in [3.63, 3.8) is 0 Å². The molecule has 0 amide bonds. The molecule has 7 heteroatoms. The molecule has 3 aromatic rings. The van der Waals surface area contributed by atoms with E-state index in [-0.39, 0.29) is 0 Å². The first-order valence-electron chi connectivity index (χ1n) is 7.85. The number of fused-ring (bicyclic) bond motifs is 1. The fourth-order valence-electron chi connectivity index (χ4n) is 2.71. The van der Waals surface area contributed by atoms with E-state index in [0.717, 1.165) is 45.9 Å². The average Bonchev–Trinajstić information content (AvgIpc) is 2.96. The van der Waals surface area contributed by atoms with E-state index in [1.54, 1.807) is 0 Å². The summed E-state index contributed by atoms with van der Waals surface area (Å²) in [5, 5.41) is 18.3. The second kappa shape index (κ2) is 6.57. The van der Waals surface area contributed by atoms with Crippen LogP contribution in [0.2, 0.25) is 0 Å². The second-order valence-corrected chi connectivity index (χ2v) is 5.41. The van der Waals surface area contributed by atoms with Crippen molar-refractivity contribution in [3.8, 4) is 0 Å². The van der Waals surface area contributed by atoms with E-state index >= 15 is 0 Å². The number of nitrogens with zero attached hydrogens (tertiary/aromatic N) is 2. The summed E-state index contributed by atoms with van der Waals surface area (Å²) in [6, 6.07) is 5.75. The van der Waals surface area contributed by atoms with Gasteiger partial charge in [-0.1, -0.05) is 6.07 Å². The summed E-state index contributed by atoms with van der Waals surface area (Å²) in [5.74, 6) is 1.28. The minimum absolute atomic E-state index is 0.483. The first kappa shape index (κ1) is 15.8. The monoisotopic (exact) mass is 323 g/mol. The van der Waals surface area contributed by atoms with Crippen LogP contribution in [0.25, 0.3) is 11.0 Å². The van der Waals surface area contributed by atoms with Crippen molar-refractivity contribution in [2.45, 2.75) is 13.8 Å². The first-order chi connectivity index (χ1) is 11.7. The van der Waals surface area contributed by atoms with Crippen molar-refractivity contribution >= 4 is 40.4 Å². The molecule has 1 aromatic carbocycles. The third kappa shape index (κ3) is 2.76. The highest BCUT2D eigenvalue weighted by atomic mass is 15.2. The van der Waals surface area contributed by atoms with E-state index in [4.69, 9.17) is 5.41 Å². The zero-order valence-corrected chi connectivity index (χ0v) is 14.0. The first-order valence-corrected chi connectivity index (χ1v) is 7.85. The smallest absolute Gasteiger partial charge is 0.231 e. The van der Waals surface area contributed by atoms with Gasteiger partial charge in [0.1, 0.15) is 11.5 Å². The van der Waals surface area contributed by atoms with Gasteiger partial charge in [-0.05, 0) is 31.5 Å². The van der Waals surface area contributed by atoms with Gasteiger partial charge in [-0.2, -0.15) is 9.97 Å². The van der Waals surface area contributed by atoms with Gasteiger partial charge in [0.15, 0.2) is 0 Å². The van der Waals surface area contributed by atoms with Gasteiger partial charge < -0.3 is 26.3 Å². The quantitative estimate of drug-likeness (QED) is 0.447. The number of benzene rings is 1. The fraction of sp³-hybridized carbons (Fsp3) is 0.235. The standard InChI is InChI=1S/C17H21N7/c1-4-20-15-14-10(2)9-21-16(14)24-17(23-15)22-13-7-5-6-12(19-3)11(13)8-18/h5-9,18-19H,4H2,1-3H3,(H3,20,21,22,23,24). The SMILES string of the molecule is CCNc1nc(Nc2cccc(NC)c2C=N)nc2[nH]cc(C)c12. The summed E-state index contributed by atoms with van der Waals surface area (Å²) in [5.41, 5.74) is 4.30. The van der Waals surface area contributed by atoms with Crippen LogP contribution in [-0.2, 0) is 0 Å². The van der Waals surface area contributed by atoms with E-state index in [9.17, 15) is 0 Å². The predicted octanol–water partition coefficient (Wildman–Crippen LogP) is 3.48. The summed E-state index contributed by atoms with van der Waals surface area (Å²) < 4.78 is 0. The maximum Gasteiger partial charge on any atom is 0.231 e. The van der Waals surface area contributed by atoms with Gasteiger partial charge in [0.2, 0.25) is 5.95 Å². The molecule has 2 aromatic heterocycles. The van der Waals surface area contributed by atoms with Crippen LogP contribution in [0.1, 0.15) is 18.1 Å². The van der Waals surface area contributed by atoms with E-state index in [1.807, 2.05) is 45.3 Å². The number of H-pyrrole nitrogens is 1. The number of aromatic amines is 1. The summed E-state index contributed by atoms with van der Waals surface area (Å²) in [6.45, 7) is 4.84. The highest BCUT2D eigenvalue weighted by Gasteiger charge is 2.13. The molecule has 0 fully saturated rings. The summed E-state index contributed by atoms with van der Waals surface area (Å²) in [6.07, 6.45) is 3.24. The minimum Gasteiger partial charge on any atom is -0.388 e. The summed E-state index contributed by atoms with van der Waals surface area (Å²) >= 11 is 0. The van der Waals surface area contributed by atoms with Crippen LogP contribution in [0.15, 0.2) is 24.4 Å². The molecular weight excluding hydrogens is 302 g/mol. The summed E-state index contributed by atoms with van der Waals surface area (Å²) in [7, 11) is 1.83. The molecule has 124 valence electrons. The lowest BCUT2D eigenvalue weighted by molar-refractivity contribution is 1.13. The van der Waals surface area contributed by atoms with Crippen molar-refractivity contribution in [2.24, 2.45) is 0 Å². The van der Waals surface area contributed by atoms with Crippen molar-refractivity contribution < 1.29 is 0 Å². The van der Waals surface area contributed by atoms with Crippen molar-refractivity contribution in [2.75, 3.05) is 29.5 Å². The van der Waals surface area contributed by atoms with Gasteiger partial charge in [0.05, 0.1) is 11.1 Å². The second-order valence-electron chi connectivity index (χ2n) is 5.41. The molecule has 7 nitrogen and oxygen atoms in total. The lowest BCUT2D eigenvalue weighted by Crippen LogP contribution is -2.06. The number of nitrogens with one attached hydrogen (secondary N) is 5. The molecule has 5 N–H and O–H groups in total. The Kier molecular flexibility index (Phi) is 4.33. The van der Waals surface area contributed by atoms with Gasteiger partial charge in [-0.3, -0.25) is 0 Å². The Hall–Kier alpha value is -3.09. The van der Waals surface area contributed by atoms with E-state index < -0.39 is 0 Å². The molecule has 0 saturated heterocycles. The molecule has 3 rings (SSSR count). The van der Waals surface area contributed by atoms with E-state index in [0.29, 0.717) is 5.95 Å². The molecule has 2 heterocycles. The number of hydrogen-bond acceptors (Lipinski definition) is 6. The molecule has 0 atom stereocenters. The minimum atomic E-state index is 0.483. The van der Waals surface area contributed by atoms with Crippen LogP contribution in [0.3, 0.4) is 0 Å². The number of anilines is 4. The van der Waals surface area contributed by atoms with Gasteiger partial charge in [0.25, 0.3) is 0 Å². The van der Waals surface area contributed by atoms with Crippen molar-refractivity contribution in [1.82, 2.24) is 15.0 Å². The Bertz CT molecular complexity index is 882. The fourth-order valence-corrected chi connectivity index (χ4v) is 2.71. The van der Waals surface area contributed by atoms with Crippen LogP contribution in [0, 0.1) is 12.3 Å². The molecular formula is C17H21N7. The molecule has 0 aliphatic rings. The van der Waals surface area contributed by atoms with Crippen LogP contribution in [0.4, 0.5) is 23.1 Å². The third-order valence-electron chi connectivity index (χ3n) is 3.84. The van der Waals surface area contributed by atoms with Crippen LogP contribution >= 0.6 is 0 Å². The molecule has 0 unspecified atom stereocenters. The number of aryl methyl sites for hydroxylation is 1. The molecule has 0 aliphatic heterocycles. The van der Waals surface area contributed by atoms with Gasteiger partial charge in [-0.25, -0.2) is 0 Å². The van der Waals surface area contributed by atoms with Crippen molar-refractivity contribution in [1.29, 1.82) is 5.41 Å². The molecule has 0 radical (unpaired) electrons. The van der Waals surface area contributed by atoms with Gasteiger partial charge >= 0.3 is 0 Å². The van der Waals surface area contributed by atoms with E-state index in [1.165, 1.54) is 6.21 Å². The summed E-state index contributed by atoms with van der Waals surface area (Å²) in [4.78, 5) is 12.3. The van der Waals surface area contributed by atoms with Gasteiger partial charge in [0, 0.05) is 37.3 Å². The Morgan fingerprint density at radius 2 is 2.04 bits per heavy atom. The lowest BCUT2D eigenvalue weighted by Gasteiger charge is -2.13. The highest BCUT2D eigenvalue weighted by molar-refractivity contribution is 5.95. The Morgan fingerprint density at radius 3 is 2.75 bits per heavy atom. The molecule has 0 bridgehead atoms. The zero-order chi connectivity index (χ0) is 17.1. The van der Waals surface area contributed by atoms with Gasteiger partial charge in [-0.15, -0.1) is 0 Å².